The molecule has 1 aliphatic heterocycles. The molecule has 0 radical (unpaired) electrons. The molecule has 2 amide bonds. The normalized spacial score (nSPS) is 14.7. The molecule has 0 bridgehead atoms. The Bertz CT molecular complexity index is 952. The van der Waals surface area contributed by atoms with Gasteiger partial charge < -0.3 is 15.4 Å². The van der Waals surface area contributed by atoms with Crippen LogP contribution in [0.3, 0.4) is 0 Å². The van der Waals surface area contributed by atoms with Gasteiger partial charge in [-0.05, 0) is 56.7 Å². The Balaban J connectivity index is 1.81. The first-order valence-corrected chi connectivity index (χ1v) is 8.92. The molecule has 7 heteroatoms. The SMILES string of the molecule is COC(=O)c1ccc(NCC(=O)N2c3ccccc3NC(=O)C2(C)C)c(C)c1. The van der Waals surface area contributed by atoms with Crippen LogP contribution in [0.5, 0.6) is 0 Å². The van der Waals surface area contributed by atoms with E-state index in [2.05, 4.69) is 10.6 Å². The highest BCUT2D eigenvalue weighted by Crippen LogP contribution is 2.36. The van der Waals surface area contributed by atoms with Gasteiger partial charge in [-0.3, -0.25) is 14.5 Å². The number of para-hydroxylation sites is 2. The number of methoxy groups -OCH3 is 1. The highest BCUT2D eigenvalue weighted by Gasteiger charge is 2.43. The van der Waals surface area contributed by atoms with Crippen LogP contribution in [0.25, 0.3) is 0 Å². The smallest absolute Gasteiger partial charge is 0.337 e. The molecule has 28 heavy (non-hydrogen) atoms. The average Bonchev–Trinajstić information content (AvgIpc) is 2.67. The number of anilines is 3. The van der Waals surface area contributed by atoms with E-state index >= 15 is 0 Å². The van der Waals surface area contributed by atoms with Crippen LogP contribution in [-0.4, -0.2) is 37.0 Å². The third-order valence-corrected chi connectivity index (χ3v) is 4.83. The Morgan fingerprint density at radius 1 is 1.18 bits per heavy atom. The summed E-state index contributed by atoms with van der Waals surface area (Å²) in [7, 11) is 1.33. The number of esters is 1. The van der Waals surface area contributed by atoms with Crippen LogP contribution in [0.4, 0.5) is 17.1 Å². The maximum atomic E-state index is 13.0. The van der Waals surface area contributed by atoms with Crippen molar-refractivity contribution in [3.8, 4) is 0 Å². The van der Waals surface area contributed by atoms with E-state index in [0.29, 0.717) is 16.9 Å². The Morgan fingerprint density at radius 3 is 2.57 bits per heavy atom. The van der Waals surface area contributed by atoms with Gasteiger partial charge in [0, 0.05) is 5.69 Å². The second-order valence-electron chi connectivity index (χ2n) is 7.13. The molecule has 0 aromatic heterocycles. The summed E-state index contributed by atoms with van der Waals surface area (Å²) in [4.78, 5) is 38.7. The number of aryl methyl sites for hydroxylation is 1. The molecule has 7 nitrogen and oxygen atoms in total. The number of rotatable bonds is 4. The summed E-state index contributed by atoms with van der Waals surface area (Å²) in [5.74, 6) is -0.884. The molecule has 146 valence electrons. The largest absolute Gasteiger partial charge is 0.465 e. The van der Waals surface area contributed by atoms with E-state index in [9.17, 15) is 14.4 Å². The summed E-state index contributed by atoms with van der Waals surface area (Å²) in [5.41, 5.74) is 2.24. The number of carbonyl (C=O) groups excluding carboxylic acids is 3. The zero-order chi connectivity index (χ0) is 20.5. The topological polar surface area (TPSA) is 87.7 Å². The van der Waals surface area contributed by atoms with E-state index in [0.717, 1.165) is 11.3 Å². The van der Waals surface area contributed by atoms with E-state index in [1.54, 1.807) is 38.1 Å². The number of nitrogens with zero attached hydrogens (tertiary/aromatic N) is 1. The van der Waals surface area contributed by atoms with Crippen molar-refractivity contribution in [1.82, 2.24) is 0 Å². The lowest BCUT2D eigenvalue weighted by atomic mass is 9.96. The van der Waals surface area contributed by atoms with Gasteiger partial charge >= 0.3 is 5.97 Å². The molecule has 0 spiro atoms. The molecule has 2 N–H and O–H groups in total. The van der Waals surface area contributed by atoms with Crippen molar-refractivity contribution in [2.45, 2.75) is 26.3 Å². The molecule has 2 aromatic rings. The van der Waals surface area contributed by atoms with Crippen molar-refractivity contribution in [3.05, 3.63) is 53.6 Å². The van der Waals surface area contributed by atoms with Crippen molar-refractivity contribution in [2.24, 2.45) is 0 Å². The minimum absolute atomic E-state index is 0.00343. The molecule has 0 atom stereocenters. The number of hydrogen-bond donors (Lipinski definition) is 2. The van der Waals surface area contributed by atoms with Gasteiger partial charge in [0.05, 0.1) is 30.6 Å². The Labute approximate surface area is 163 Å². The van der Waals surface area contributed by atoms with Crippen LogP contribution in [0, 0.1) is 6.92 Å². The molecule has 0 unspecified atom stereocenters. The summed E-state index contributed by atoms with van der Waals surface area (Å²) >= 11 is 0. The monoisotopic (exact) mass is 381 g/mol. The second kappa shape index (κ2) is 7.34. The van der Waals surface area contributed by atoms with Crippen molar-refractivity contribution in [1.29, 1.82) is 0 Å². The van der Waals surface area contributed by atoms with Crippen molar-refractivity contribution in [3.63, 3.8) is 0 Å². The van der Waals surface area contributed by atoms with Crippen molar-refractivity contribution < 1.29 is 19.1 Å². The van der Waals surface area contributed by atoms with Gasteiger partial charge in [-0.25, -0.2) is 4.79 Å². The maximum Gasteiger partial charge on any atom is 0.337 e. The van der Waals surface area contributed by atoms with Crippen LogP contribution in [0.1, 0.15) is 29.8 Å². The fourth-order valence-electron chi connectivity index (χ4n) is 3.26. The van der Waals surface area contributed by atoms with Crippen molar-refractivity contribution in [2.75, 3.05) is 29.2 Å². The predicted molar refractivity (Wildman–Crippen MR) is 108 cm³/mol. The molecule has 0 aliphatic carbocycles. The lowest BCUT2D eigenvalue weighted by Crippen LogP contribution is -2.59. The summed E-state index contributed by atoms with van der Waals surface area (Å²) in [6.07, 6.45) is 0. The first-order chi connectivity index (χ1) is 13.3. The summed E-state index contributed by atoms with van der Waals surface area (Å²) < 4.78 is 4.72. The van der Waals surface area contributed by atoms with Gasteiger partial charge in [0.2, 0.25) is 11.8 Å². The quantitative estimate of drug-likeness (QED) is 0.795. The molecular formula is C21H23N3O4. The number of amides is 2. The number of nitrogens with one attached hydrogen (secondary N) is 2. The number of fused-ring (bicyclic) bond motifs is 1. The summed E-state index contributed by atoms with van der Waals surface area (Å²) in [6, 6.07) is 12.3. The first kappa shape index (κ1) is 19.4. The average molecular weight is 381 g/mol. The van der Waals surface area contributed by atoms with Crippen LogP contribution in [0.15, 0.2) is 42.5 Å². The van der Waals surface area contributed by atoms with E-state index in [1.807, 2.05) is 25.1 Å². The minimum Gasteiger partial charge on any atom is -0.465 e. The van der Waals surface area contributed by atoms with Gasteiger partial charge in [0.1, 0.15) is 5.54 Å². The zero-order valence-corrected chi connectivity index (χ0v) is 16.3. The van der Waals surface area contributed by atoms with E-state index in [1.165, 1.54) is 12.0 Å². The molecule has 2 aromatic carbocycles. The molecule has 0 saturated carbocycles. The molecule has 0 fully saturated rings. The van der Waals surface area contributed by atoms with Gasteiger partial charge in [-0.2, -0.15) is 0 Å². The Kier molecular flexibility index (Phi) is 5.09. The number of carbonyl (C=O) groups is 3. The van der Waals surface area contributed by atoms with Gasteiger partial charge in [-0.1, -0.05) is 12.1 Å². The van der Waals surface area contributed by atoms with Gasteiger partial charge in [0.25, 0.3) is 0 Å². The minimum atomic E-state index is -1.02. The molecule has 1 aliphatic rings. The lowest BCUT2D eigenvalue weighted by molar-refractivity contribution is -0.125. The summed E-state index contributed by atoms with van der Waals surface area (Å²) in [6.45, 7) is 5.27. The van der Waals surface area contributed by atoms with E-state index in [4.69, 9.17) is 4.74 Å². The first-order valence-electron chi connectivity index (χ1n) is 8.92. The predicted octanol–water partition coefficient (Wildman–Crippen LogP) is 2.96. The maximum absolute atomic E-state index is 13.0. The highest BCUT2D eigenvalue weighted by molar-refractivity contribution is 6.14. The fourth-order valence-corrected chi connectivity index (χ4v) is 3.26. The fraction of sp³-hybridized carbons (Fsp3) is 0.286. The van der Waals surface area contributed by atoms with Gasteiger partial charge in [-0.15, -0.1) is 0 Å². The second-order valence-corrected chi connectivity index (χ2v) is 7.13. The third kappa shape index (κ3) is 3.43. The number of hydrogen-bond acceptors (Lipinski definition) is 5. The van der Waals surface area contributed by atoms with E-state index in [-0.39, 0.29) is 18.4 Å². The molecule has 0 saturated heterocycles. The number of benzene rings is 2. The third-order valence-electron chi connectivity index (χ3n) is 4.83. The standard InChI is InChI=1S/C21H23N3O4/c1-13-11-14(19(26)28-4)9-10-15(13)22-12-18(25)24-17-8-6-5-7-16(17)23-20(27)21(24,2)3/h5-11,22H,12H2,1-4H3,(H,23,27). The number of ether oxygens (including phenoxy) is 1. The lowest BCUT2D eigenvalue weighted by Gasteiger charge is -2.42. The van der Waals surface area contributed by atoms with Crippen LogP contribution >= 0.6 is 0 Å². The summed E-state index contributed by atoms with van der Waals surface area (Å²) in [5, 5.41) is 5.95. The van der Waals surface area contributed by atoms with Crippen LogP contribution in [-0.2, 0) is 14.3 Å². The zero-order valence-electron chi connectivity index (χ0n) is 16.3. The van der Waals surface area contributed by atoms with Crippen molar-refractivity contribution >= 4 is 34.8 Å². The Morgan fingerprint density at radius 2 is 1.89 bits per heavy atom. The molecular weight excluding hydrogens is 358 g/mol. The van der Waals surface area contributed by atoms with Crippen LogP contribution in [0.2, 0.25) is 0 Å². The Hall–Kier alpha value is -3.35. The van der Waals surface area contributed by atoms with Gasteiger partial charge in [0.15, 0.2) is 0 Å². The highest BCUT2D eigenvalue weighted by atomic mass is 16.5. The molecule has 1 heterocycles. The van der Waals surface area contributed by atoms with E-state index < -0.39 is 11.5 Å². The molecule has 3 rings (SSSR count). The van der Waals surface area contributed by atoms with Crippen LogP contribution < -0.4 is 15.5 Å².